The third kappa shape index (κ3) is 7.02. The molecule has 0 saturated carbocycles. The van der Waals surface area contributed by atoms with Crippen LogP contribution in [0.25, 0.3) is 76.8 Å². The molecule has 13 rings (SSSR count). The Morgan fingerprint density at radius 2 is 0.736 bits per heavy atom. The second-order valence-electron chi connectivity index (χ2n) is 17.9. The van der Waals surface area contributed by atoms with Gasteiger partial charge in [-0.2, -0.15) is 0 Å². The molecule has 0 aromatic heterocycles. The second-order valence-corrected chi connectivity index (χ2v) is 17.9. The average Bonchev–Trinajstić information content (AvgIpc) is 3.93. The highest BCUT2D eigenvalue weighted by atomic mass is 19.2. The van der Waals surface area contributed by atoms with Crippen molar-refractivity contribution in [3.05, 3.63) is 221 Å². The van der Waals surface area contributed by atoms with Crippen molar-refractivity contribution in [1.82, 2.24) is 0 Å². The summed E-state index contributed by atoms with van der Waals surface area (Å²) in [4.78, 5) is 42.2. The van der Waals surface area contributed by atoms with Crippen LogP contribution < -0.4 is 14.7 Å². The molecule has 352 valence electrons. The number of halogens is 5. The molecule has 0 radical (unpaired) electrons. The van der Waals surface area contributed by atoms with Gasteiger partial charge in [-0.3, -0.25) is 14.4 Å². The van der Waals surface area contributed by atoms with Crippen LogP contribution in [0.3, 0.4) is 0 Å². The first kappa shape index (κ1) is 45.5. The van der Waals surface area contributed by atoms with Crippen LogP contribution in [0.2, 0.25) is 0 Å². The summed E-state index contributed by atoms with van der Waals surface area (Å²) in [5, 5.41) is 5.04. The lowest BCUT2D eigenvalue weighted by molar-refractivity contribution is 0.0991. The van der Waals surface area contributed by atoms with Crippen LogP contribution in [0.5, 0.6) is 0 Å². The summed E-state index contributed by atoms with van der Waals surface area (Å²) in [7, 11) is 5.24. The van der Waals surface area contributed by atoms with E-state index in [1.807, 2.05) is 68.7 Å². The van der Waals surface area contributed by atoms with E-state index in [0.717, 1.165) is 66.3 Å². The number of hydrogen-bond donors (Lipinski definition) is 0. The molecule has 3 amide bonds. The molecule has 0 N–H and O–H groups in total. The molecule has 0 fully saturated rings. The van der Waals surface area contributed by atoms with Gasteiger partial charge in [-0.15, -0.1) is 0 Å². The molecule has 72 heavy (non-hydrogen) atoms. The summed E-state index contributed by atoms with van der Waals surface area (Å²) < 4.78 is 68.8. The third-order valence-electron chi connectivity index (χ3n) is 13.8. The molecule has 0 spiro atoms. The number of aryl methyl sites for hydroxylation is 1. The van der Waals surface area contributed by atoms with Crippen LogP contribution in [0, 0.1) is 36.0 Å². The molecule has 0 saturated heterocycles. The van der Waals surface area contributed by atoms with Gasteiger partial charge in [-0.05, 0) is 92.9 Å². The normalized spacial score (nSPS) is 13.1. The minimum Gasteiger partial charge on any atom is -0.311 e. The fraction of sp³-hybridized carbons (Fsp3) is 0.0656. The van der Waals surface area contributed by atoms with Crippen molar-refractivity contribution >= 4 is 67.1 Å². The van der Waals surface area contributed by atoms with E-state index in [1.54, 1.807) is 15.9 Å². The van der Waals surface area contributed by atoms with Crippen molar-refractivity contribution in [2.45, 2.75) is 6.92 Å². The van der Waals surface area contributed by atoms with Gasteiger partial charge in [-0.1, -0.05) is 139 Å². The first-order valence-electron chi connectivity index (χ1n) is 23.0. The van der Waals surface area contributed by atoms with Gasteiger partial charge >= 0.3 is 0 Å². The van der Waals surface area contributed by atoms with E-state index in [9.17, 15) is 36.3 Å². The molecule has 10 aromatic rings. The van der Waals surface area contributed by atoms with E-state index < -0.39 is 34.6 Å². The van der Waals surface area contributed by atoms with Gasteiger partial charge in [0.1, 0.15) is 0 Å². The Balaban J connectivity index is 0.000000117. The summed E-state index contributed by atoms with van der Waals surface area (Å²) in [6.07, 6.45) is 0. The van der Waals surface area contributed by atoms with E-state index in [-0.39, 0.29) is 28.7 Å². The van der Waals surface area contributed by atoms with E-state index in [4.69, 9.17) is 0 Å². The summed E-state index contributed by atoms with van der Waals surface area (Å²) in [6.45, 7) is 2.09. The average molecular weight is 958 g/mol. The number of carbonyl (C=O) groups excluding carboxylic acids is 3. The standard InChI is InChI=1S/C24H17NO.C19H15NO.C18H8F5NO/c1-25-23-21(17-11-6-3-7-12-17)15-20(16-9-4-2-5-10-16)18-13-8-14-19(22(18)23)24(25)26;1-12-6-8-13(9-7-12)14-10-11-17-18-15(14)4-3-5-16(18)19(21)20(17)2;1-24-10-6-5-8(7-3-2-4-9(11(7)10)18(24)25)12-13(19)15(21)17(23)16(22)14(12)20/h2-15H,1H3;3-11H,1-2H3;2-6H,1H3. The number of amides is 3. The number of rotatable bonds is 4. The molecular formula is C61H40F5N3O3. The van der Waals surface area contributed by atoms with Gasteiger partial charge in [-0.25, -0.2) is 22.0 Å². The molecule has 3 heterocycles. The zero-order valence-electron chi connectivity index (χ0n) is 39.1. The molecule has 11 heteroatoms. The Labute approximate surface area is 410 Å². The lowest BCUT2D eigenvalue weighted by Gasteiger charge is -2.18. The zero-order valence-corrected chi connectivity index (χ0v) is 39.1. The van der Waals surface area contributed by atoms with Crippen molar-refractivity contribution in [3.8, 4) is 44.5 Å². The van der Waals surface area contributed by atoms with Crippen LogP contribution in [-0.2, 0) is 0 Å². The number of anilines is 3. The van der Waals surface area contributed by atoms with Crippen LogP contribution in [0.4, 0.5) is 39.0 Å². The number of carbonyl (C=O) groups is 3. The lowest BCUT2D eigenvalue weighted by atomic mass is 9.90. The maximum Gasteiger partial charge on any atom is 0.258 e. The number of benzene rings is 10. The molecule has 0 bridgehead atoms. The topological polar surface area (TPSA) is 60.9 Å². The van der Waals surface area contributed by atoms with E-state index in [2.05, 4.69) is 91.9 Å². The Morgan fingerprint density at radius 1 is 0.333 bits per heavy atom. The fourth-order valence-corrected chi connectivity index (χ4v) is 10.3. The Bertz CT molecular complexity index is 3910. The molecular weight excluding hydrogens is 918 g/mol. The van der Waals surface area contributed by atoms with Gasteiger partial charge in [0, 0.05) is 59.6 Å². The fourth-order valence-electron chi connectivity index (χ4n) is 10.3. The third-order valence-corrected chi connectivity index (χ3v) is 13.8. The minimum absolute atomic E-state index is 0.0630. The monoisotopic (exact) mass is 957 g/mol. The highest BCUT2D eigenvalue weighted by Crippen LogP contribution is 2.48. The Morgan fingerprint density at radius 3 is 1.25 bits per heavy atom. The maximum atomic E-state index is 14.2. The van der Waals surface area contributed by atoms with E-state index in [1.165, 1.54) is 52.9 Å². The number of hydrogen-bond acceptors (Lipinski definition) is 3. The van der Waals surface area contributed by atoms with Crippen molar-refractivity contribution in [3.63, 3.8) is 0 Å². The highest BCUT2D eigenvalue weighted by Gasteiger charge is 2.34. The summed E-state index contributed by atoms with van der Waals surface area (Å²) in [6, 6.07) is 54.8. The molecule has 0 unspecified atom stereocenters. The van der Waals surface area contributed by atoms with Gasteiger partial charge < -0.3 is 14.7 Å². The first-order chi connectivity index (χ1) is 34.8. The smallest absolute Gasteiger partial charge is 0.258 e. The van der Waals surface area contributed by atoms with Crippen LogP contribution in [0.15, 0.2) is 170 Å². The van der Waals surface area contributed by atoms with Crippen molar-refractivity contribution in [1.29, 1.82) is 0 Å². The van der Waals surface area contributed by atoms with Gasteiger partial charge in [0.25, 0.3) is 17.7 Å². The summed E-state index contributed by atoms with van der Waals surface area (Å²) in [5.41, 5.74) is 11.4. The minimum atomic E-state index is -2.21. The van der Waals surface area contributed by atoms with Gasteiger partial charge in [0.15, 0.2) is 23.3 Å². The zero-order chi connectivity index (χ0) is 50.3. The quantitative estimate of drug-likeness (QED) is 0.100. The molecule has 0 aliphatic carbocycles. The summed E-state index contributed by atoms with van der Waals surface area (Å²) >= 11 is 0. The van der Waals surface area contributed by atoms with Crippen LogP contribution in [0.1, 0.15) is 36.6 Å². The SMILES string of the molecule is CN1C(=O)c2cccc3c(-c4c(F)c(F)c(F)c(F)c4F)ccc1c23.CN1C(=O)c2cccc3c(-c4ccccc4)cc(-c4ccccc4)c1c23.Cc1ccc(-c2ccc3c4c(cccc24)C(=O)N3C)cc1. The predicted molar refractivity (Wildman–Crippen MR) is 276 cm³/mol. The van der Waals surface area contributed by atoms with Crippen molar-refractivity contribution in [2.24, 2.45) is 0 Å². The Hall–Kier alpha value is -8.96. The van der Waals surface area contributed by atoms with Crippen LogP contribution >= 0.6 is 0 Å². The van der Waals surface area contributed by atoms with E-state index >= 15 is 0 Å². The molecule has 3 aliphatic rings. The lowest BCUT2D eigenvalue weighted by Crippen LogP contribution is -2.21. The molecule has 10 aromatic carbocycles. The summed E-state index contributed by atoms with van der Waals surface area (Å²) in [5.74, 6) is -10.2. The largest absolute Gasteiger partial charge is 0.311 e. The second kappa shape index (κ2) is 17.5. The highest BCUT2D eigenvalue weighted by molar-refractivity contribution is 6.30. The number of nitrogens with zero attached hydrogens (tertiary/aromatic N) is 3. The van der Waals surface area contributed by atoms with E-state index in [0.29, 0.717) is 16.6 Å². The molecule has 3 aliphatic heterocycles. The molecule has 0 atom stereocenters. The predicted octanol–water partition coefficient (Wildman–Crippen LogP) is 15.0. The van der Waals surface area contributed by atoms with Crippen molar-refractivity contribution < 1.29 is 36.3 Å². The molecule has 6 nitrogen and oxygen atoms in total. The van der Waals surface area contributed by atoms with Crippen molar-refractivity contribution in [2.75, 3.05) is 35.8 Å². The first-order valence-corrected chi connectivity index (χ1v) is 23.0. The maximum absolute atomic E-state index is 14.2. The van der Waals surface area contributed by atoms with Gasteiger partial charge in [0.2, 0.25) is 5.82 Å². The Kier molecular flexibility index (Phi) is 11.0. The van der Waals surface area contributed by atoms with Gasteiger partial charge in [0.05, 0.1) is 22.6 Å². The van der Waals surface area contributed by atoms with Crippen LogP contribution in [-0.4, -0.2) is 38.9 Å².